The molecule has 31 heavy (non-hydrogen) atoms. The summed E-state index contributed by atoms with van der Waals surface area (Å²) in [7, 11) is 0. The number of amides is 2. The highest BCUT2D eigenvalue weighted by atomic mass is 35.5. The molecule has 0 spiro atoms. The fraction of sp³-hybridized carbons (Fsp3) is 0.500. The van der Waals surface area contributed by atoms with Crippen LogP contribution in [0.25, 0.3) is 11.0 Å². The third kappa shape index (κ3) is 5.05. The fourth-order valence-corrected chi connectivity index (χ4v) is 4.29. The first kappa shape index (κ1) is 21.3. The van der Waals surface area contributed by atoms with Gasteiger partial charge in [0.05, 0.1) is 16.6 Å². The molecule has 0 unspecified atom stereocenters. The molecule has 9 heteroatoms. The van der Waals surface area contributed by atoms with E-state index < -0.39 is 12.0 Å². The number of carbonyl (C=O) groups excluding carboxylic acids is 3. The number of ketones is 1. The lowest BCUT2D eigenvalue weighted by molar-refractivity contribution is -0.127. The van der Waals surface area contributed by atoms with Gasteiger partial charge >= 0.3 is 0 Å². The molecule has 1 aromatic heterocycles. The van der Waals surface area contributed by atoms with Gasteiger partial charge in [-0.25, -0.2) is 4.98 Å². The van der Waals surface area contributed by atoms with Crippen molar-refractivity contribution in [2.24, 2.45) is 17.8 Å². The second kappa shape index (κ2) is 9.06. The number of Topliss-reactive ketones (excluding diaryl/α,β-unsaturated/α-hetero) is 1. The number of halogens is 1. The van der Waals surface area contributed by atoms with Crippen LogP contribution in [0.5, 0.6) is 0 Å². The number of benzene rings is 1. The molecular formula is C22H24ClN5O3. The van der Waals surface area contributed by atoms with Gasteiger partial charge in [0.25, 0.3) is 0 Å². The number of hydrogen-bond acceptors (Lipinski definition) is 5. The average molecular weight is 442 g/mol. The Morgan fingerprint density at radius 3 is 2.74 bits per heavy atom. The van der Waals surface area contributed by atoms with Crippen molar-refractivity contribution in [3.05, 3.63) is 29.0 Å². The Balaban J connectivity index is 1.43. The van der Waals surface area contributed by atoms with Gasteiger partial charge in [-0.05, 0) is 37.3 Å². The predicted octanol–water partition coefficient (Wildman–Crippen LogP) is 2.74. The zero-order chi connectivity index (χ0) is 22.0. The normalized spacial score (nSPS) is 20.1. The first-order valence-corrected chi connectivity index (χ1v) is 11.0. The van der Waals surface area contributed by atoms with Gasteiger partial charge in [0.1, 0.15) is 11.6 Å². The second-order valence-electron chi connectivity index (χ2n) is 8.43. The summed E-state index contributed by atoms with van der Waals surface area (Å²) in [6.07, 6.45) is 3.62. The molecule has 1 aliphatic heterocycles. The van der Waals surface area contributed by atoms with E-state index in [4.69, 9.17) is 11.6 Å². The lowest BCUT2D eigenvalue weighted by Crippen LogP contribution is -2.40. The van der Waals surface area contributed by atoms with Crippen molar-refractivity contribution in [3.8, 4) is 6.07 Å². The summed E-state index contributed by atoms with van der Waals surface area (Å²) in [6.45, 7) is 0.593. The Labute approximate surface area is 184 Å². The Hall–Kier alpha value is -2.92. The summed E-state index contributed by atoms with van der Waals surface area (Å²) in [4.78, 5) is 44.9. The molecule has 4 rings (SSSR count). The number of nitrogens with zero attached hydrogens (tertiary/aromatic N) is 2. The maximum Gasteiger partial charge on any atom is 0.224 e. The molecule has 0 bridgehead atoms. The maximum atomic E-state index is 13.0. The second-order valence-corrected chi connectivity index (χ2v) is 8.83. The number of para-hydroxylation sites is 1. The van der Waals surface area contributed by atoms with Gasteiger partial charge in [0.2, 0.25) is 11.8 Å². The molecule has 2 aliphatic rings. The van der Waals surface area contributed by atoms with Crippen LogP contribution in [0.4, 0.5) is 0 Å². The Bertz CT molecular complexity index is 1060. The quantitative estimate of drug-likeness (QED) is 0.515. The van der Waals surface area contributed by atoms with Crippen LogP contribution < -0.4 is 10.6 Å². The lowest BCUT2D eigenvalue weighted by atomic mass is 9.93. The number of rotatable bonds is 9. The molecule has 8 nitrogen and oxygen atoms in total. The number of H-pyrrole nitrogens is 1. The highest BCUT2D eigenvalue weighted by Gasteiger charge is 2.34. The number of fused-ring (bicyclic) bond motifs is 1. The van der Waals surface area contributed by atoms with Crippen LogP contribution >= 0.6 is 11.6 Å². The van der Waals surface area contributed by atoms with Crippen molar-refractivity contribution in [3.63, 3.8) is 0 Å². The van der Waals surface area contributed by atoms with Gasteiger partial charge in [0.15, 0.2) is 11.6 Å². The molecule has 162 valence electrons. The largest absolute Gasteiger partial charge is 0.356 e. The minimum Gasteiger partial charge on any atom is -0.356 e. The van der Waals surface area contributed by atoms with E-state index in [-0.39, 0.29) is 42.2 Å². The summed E-state index contributed by atoms with van der Waals surface area (Å²) in [5, 5.41) is 15.4. The van der Waals surface area contributed by atoms with E-state index in [1.165, 1.54) is 0 Å². The summed E-state index contributed by atoms with van der Waals surface area (Å²) < 4.78 is 0. The average Bonchev–Trinajstić information content (AvgIpc) is 3.30. The number of nitrogens with one attached hydrogen (secondary N) is 3. The smallest absolute Gasteiger partial charge is 0.224 e. The number of nitriles is 1. The van der Waals surface area contributed by atoms with Gasteiger partial charge in [-0.1, -0.05) is 30.5 Å². The van der Waals surface area contributed by atoms with Gasteiger partial charge in [0, 0.05) is 24.8 Å². The highest BCUT2D eigenvalue weighted by molar-refractivity contribution is 6.35. The van der Waals surface area contributed by atoms with Crippen molar-refractivity contribution in [2.45, 2.75) is 44.6 Å². The SMILES string of the molecule is N#C[C@H](C[C@@H]1CCNC1=O)NC(=O)[C@@H](CC(=O)c1nc2c(Cl)cccc2[nH]1)CC1CC1. The van der Waals surface area contributed by atoms with Crippen LogP contribution in [0.15, 0.2) is 18.2 Å². The van der Waals surface area contributed by atoms with Crippen LogP contribution in [-0.4, -0.2) is 40.2 Å². The molecule has 2 fully saturated rings. The van der Waals surface area contributed by atoms with E-state index in [0.717, 1.165) is 12.8 Å². The van der Waals surface area contributed by atoms with Crippen molar-refractivity contribution >= 4 is 40.2 Å². The van der Waals surface area contributed by atoms with E-state index in [0.29, 0.717) is 41.4 Å². The first-order chi connectivity index (χ1) is 14.9. The lowest BCUT2D eigenvalue weighted by Gasteiger charge is -2.19. The van der Waals surface area contributed by atoms with Crippen LogP contribution in [0.3, 0.4) is 0 Å². The molecule has 2 heterocycles. The molecular weight excluding hydrogens is 418 g/mol. The van der Waals surface area contributed by atoms with Gasteiger partial charge in [-0.3, -0.25) is 14.4 Å². The van der Waals surface area contributed by atoms with Crippen molar-refractivity contribution in [1.82, 2.24) is 20.6 Å². The topological polar surface area (TPSA) is 128 Å². The van der Waals surface area contributed by atoms with Crippen molar-refractivity contribution in [1.29, 1.82) is 5.26 Å². The molecule has 1 saturated carbocycles. The van der Waals surface area contributed by atoms with Crippen molar-refractivity contribution in [2.75, 3.05) is 6.54 Å². The Morgan fingerprint density at radius 2 is 2.10 bits per heavy atom. The van der Waals surface area contributed by atoms with Gasteiger partial charge in [-0.2, -0.15) is 5.26 Å². The van der Waals surface area contributed by atoms with Crippen LogP contribution in [0.2, 0.25) is 5.02 Å². The molecule has 1 aliphatic carbocycles. The summed E-state index contributed by atoms with van der Waals surface area (Å²) in [5.41, 5.74) is 1.19. The van der Waals surface area contributed by atoms with E-state index in [1.807, 2.05) is 0 Å². The third-order valence-electron chi connectivity index (χ3n) is 6.00. The van der Waals surface area contributed by atoms with Crippen molar-refractivity contribution < 1.29 is 14.4 Å². The van der Waals surface area contributed by atoms with Crippen LogP contribution in [0, 0.1) is 29.1 Å². The van der Waals surface area contributed by atoms with E-state index >= 15 is 0 Å². The summed E-state index contributed by atoms with van der Waals surface area (Å²) >= 11 is 6.14. The standard InChI is InChI=1S/C22H24ClN5O3/c23-16-2-1-3-17-19(16)28-20(27-17)18(29)10-14(8-12-4-5-12)22(31)26-15(11-24)9-13-6-7-25-21(13)30/h1-3,12-15H,4-10H2,(H,25,30)(H,26,31)(H,27,28)/t13-,14+,15-/m0/s1. The minimum atomic E-state index is -0.761. The Morgan fingerprint density at radius 1 is 1.29 bits per heavy atom. The first-order valence-electron chi connectivity index (χ1n) is 10.6. The predicted molar refractivity (Wildman–Crippen MR) is 114 cm³/mol. The highest BCUT2D eigenvalue weighted by Crippen LogP contribution is 2.36. The summed E-state index contributed by atoms with van der Waals surface area (Å²) in [6, 6.07) is 6.58. The number of carbonyl (C=O) groups is 3. The molecule has 3 atom stereocenters. The molecule has 1 aromatic carbocycles. The summed E-state index contributed by atoms with van der Waals surface area (Å²) in [5.74, 6) is -0.879. The fourth-order valence-electron chi connectivity index (χ4n) is 4.08. The van der Waals surface area contributed by atoms with E-state index in [2.05, 4.69) is 26.7 Å². The molecule has 1 saturated heterocycles. The molecule has 0 radical (unpaired) electrons. The molecule has 2 amide bonds. The molecule has 2 aromatic rings. The third-order valence-corrected chi connectivity index (χ3v) is 6.31. The van der Waals surface area contributed by atoms with Crippen LogP contribution in [0.1, 0.15) is 49.1 Å². The number of imidazole rings is 1. The number of aromatic nitrogens is 2. The van der Waals surface area contributed by atoms with E-state index in [9.17, 15) is 19.6 Å². The van der Waals surface area contributed by atoms with Gasteiger partial charge < -0.3 is 15.6 Å². The number of hydrogen-bond donors (Lipinski definition) is 3. The minimum absolute atomic E-state index is 0.00182. The van der Waals surface area contributed by atoms with E-state index in [1.54, 1.807) is 18.2 Å². The zero-order valence-corrected chi connectivity index (χ0v) is 17.7. The molecule has 3 N–H and O–H groups in total. The van der Waals surface area contributed by atoms with Gasteiger partial charge in [-0.15, -0.1) is 0 Å². The maximum absolute atomic E-state index is 13.0. The Kier molecular flexibility index (Phi) is 6.23. The zero-order valence-electron chi connectivity index (χ0n) is 17.0. The van der Waals surface area contributed by atoms with Crippen LogP contribution in [-0.2, 0) is 9.59 Å². The monoisotopic (exact) mass is 441 g/mol. The number of aromatic amines is 1.